The van der Waals surface area contributed by atoms with E-state index in [0.717, 1.165) is 0 Å². The number of amidine groups is 1. The van der Waals surface area contributed by atoms with Crippen LogP contribution in [-0.2, 0) is 0 Å². The molecule has 0 atom stereocenters. The second-order valence-electron chi connectivity index (χ2n) is 3.69. The molecule has 2 rings (SSSR count). The Kier molecular flexibility index (Phi) is 5.09. The van der Waals surface area contributed by atoms with Crippen LogP contribution in [0.25, 0.3) is 0 Å². The minimum absolute atomic E-state index is 0. The van der Waals surface area contributed by atoms with Crippen LogP contribution < -0.4 is 10.5 Å². The first-order chi connectivity index (χ1) is 8.66. The van der Waals surface area contributed by atoms with Crippen molar-refractivity contribution in [2.24, 2.45) is 5.73 Å². The molecule has 2 aromatic carbocycles. The molecule has 19 heavy (non-hydrogen) atoms. The summed E-state index contributed by atoms with van der Waals surface area (Å²) in [5, 5.41) is 7.25. The monoisotopic (exact) mass is 276 g/mol. The molecule has 0 aliphatic heterocycles. The van der Waals surface area contributed by atoms with Gasteiger partial charge in [0.2, 0.25) is 0 Å². The average molecular weight is 277 g/mol. The molecule has 0 saturated heterocycles. The number of nitrogen functional groups attached to an aromatic ring is 1. The lowest BCUT2D eigenvalue weighted by Gasteiger charge is -2.05. The van der Waals surface area contributed by atoms with Crippen LogP contribution in [0.15, 0.2) is 54.6 Å². The average Bonchev–Trinajstić information content (AvgIpc) is 2.40. The summed E-state index contributed by atoms with van der Waals surface area (Å²) in [6.07, 6.45) is 0. The zero-order chi connectivity index (χ0) is 13.0. The van der Waals surface area contributed by atoms with E-state index in [4.69, 9.17) is 15.9 Å². The van der Waals surface area contributed by atoms with Crippen LogP contribution in [0, 0.1) is 5.41 Å². The predicted molar refractivity (Wildman–Crippen MR) is 76.1 cm³/mol. The summed E-state index contributed by atoms with van der Waals surface area (Å²) in [7, 11) is 0. The van der Waals surface area contributed by atoms with E-state index in [1.165, 1.54) is 0 Å². The van der Waals surface area contributed by atoms with Crippen LogP contribution in [0.5, 0.6) is 5.75 Å². The first-order valence-corrected chi connectivity index (χ1v) is 5.38. The van der Waals surface area contributed by atoms with E-state index in [2.05, 4.69) is 0 Å². The maximum absolute atomic E-state index is 11.7. The number of hydrogen-bond acceptors (Lipinski definition) is 3. The van der Waals surface area contributed by atoms with Gasteiger partial charge in [0.25, 0.3) is 0 Å². The van der Waals surface area contributed by atoms with Crippen molar-refractivity contribution >= 4 is 24.2 Å². The zero-order valence-corrected chi connectivity index (χ0v) is 10.8. The number of nitrogens with one attached hydrogen (secondary N) is 1. The molecule has 98 valence electrons. The van der Waals surface area contributed by atoms with E-state index in [1.54, 1.807) is 48.5 Å². The Morgan fingerprint density at radius 3 is 2.05 bits per heavy atom. The normalized spacial score (nSPS) is 9.26. The molecule has 0 unspecified atom stereocenters. The first kappa shape index (κ1) is 14.7. The predicted octanol–water partition coefficient (Wildman–Crippen LogP) is 2.61. The third-order valence-corrected chi connectivity index (χ3v) is 2.39. The number of hydrogen-bond donors (Lipinski definition) is 2. The number of carbonyl (C=O) groups is 1. The topological polar surface area (TPSA) is 76.2 Å². The number of rotatable bonds is 3. The van der Waals surface area contributed by atoms with Crippen LogP contribution in [-0.4, -0.2) is 11.8 Å². The second-order valence-corrected chi connectivity index (χ2v) is 3.69. The number of benzene rings is 2. The Morgan fingerprint density at radius 1 is 0.947 bits per heavy atom. The van der Waals surface area contributed by atoms with Crippen molar-refractivity contribution in [3.8, 4) is 5.75 Å². The van der Waals surface area contributed by atoms with Gasteiger partial charge in [-0.2, -0.15) is 0 Å². The van der Waals surface area contributed by atoms with Gasteiger partial charge in [0.1, 0.15) is 11.6 Å². The van der Waals surface area contributed by atoms with Crippen LogP contribution in [0.2, 0.25) is 0 Å². The van der Waals surface area contributed by atoms with Gasteiger partial charge in [0, 0.05) is 5.56 Å². The summed E-state index contributed by atoms with van der Waals surface area (Å²) in [5.41, 5.74) is 6.42. The first-order valence-electron chi connectivity index (χ1n) is 5.38. The molecule has 0 aromatic heterocycles. The third-order valence-electron chi connectivity index (χ3n) is 2.39. The highest BCUT2D eigenvalue weighted by Gasteiger charge is 2.07. The van der Waals surface area contributed by atoms with E-state index < -0.39 is 5.97 Å². The maximum Gasteiger partial charge on any atom is 0.343 e. The van der Waals surface area contributed by atoms with Crippen molar-refractivity contribution in [1.29, 1.82) is 5.41 Å². The van der Waals surface area contributed by atoms with Crippen LogP contribution in [0.1, 0.15) is 15.9 Å². The fourth-order valence-electron chi connectivity index (χ4n) is 1.44. The van der Waals surface area contributed by atoms with Gasteiger partial charge in [-0.1, -0.05) is 18.2 Å². The Bertz CT molecular complexity index is 568. The summed E-state index contributed by atoms with van der Waals surface area (Å²) in [4.78, 5) is 11.7. The van der Waals surface area contributed by atoms with Gasteiger partial charge in [0.05, 0.1) is 5.56 Å². The van der Waals surface area contributed by atoms with Crippen LogP contribution in [0.3, 0.4) is 0 Å². The standard InChI is InChI=1S/C14H12N2O2.ClH/c15-13(16)10-6-8-12(9-7-10)18-14(17)11-4-2-1-3-5-11;/h1-9H,(H3,15,16);1H. The van der Waals surface area contributed by atoms with Gasteiger partial charge in [-0.25, -0.2) is 4.79 Å². The molecule has 3 N–H and O–H groups in total. The summed E-state index contributed by atoms with van der Waals surface area (Å²) in [6, 6.07) is 15.2. The molecule has 4 nitrogen and oxygen atoms in total. The van der Waals surface area contributed by atoms with E-state index >= 15 is 0 Å². The van der Waals surface area contributed by atoms with Crippen molar-refractivity contribution < 1.29 is 9.53 Å². The Hall–Kier alpha value is -2.33. The highest BCUT2D eigenvalue weighted by Crippen LogP contribution is 2.14. The molecule has 0 saturated carbocycles. The lowest BCUT2D eigenvalue weighted by Crippen LogP contribution is -2.11. The lowest BCUT2D eigenvalue weighted by molar-refractivity contribution is 0.0735. The third kappa shape index (κ3) is 3.82. The minimum atomic E-state index is -0.411. The maximum atomic E-state index is 11.7. The van der Waals surface area contributed by atoms with E-state index in [-0.39, 0.29) is 18.2 Å². The molecule has 0 bridgehead atoms. The highest BCUT2D eigenvalue weighted by atomic mass is 35.5. The summed E-state index contributed by atoms with van der Waals surface area (Å²) < 4.78 is 5.18. The Labute approximate surface area is 117 Å². The van der Waals surface area contributed by atoms with Crippen molar-refractivity contribution in [2.75, 3.05) is 0 Å². The SMILES string of the molecule is Cl.N=C(N)c1ccc(OC(=O)c2ccccc2)cc1. The number of nitrogens with two attached hydrogens (primary N) is 1. The zero-order valence-electron chi connectivity index (χ0n) is 10.00. The quantitative estimate of drug-likeness (QED) is 0.392. The van der Waals surface area contributed by atoms with E-state index in [0.29, 0.717) is 16.9 Å². The number of ether oxygens (including phenoxy) is 1. The molecule has 0 heterocycles. The van der Waals surface area contributed by atoms with Gasteiger partial charge in [-0.3, -0.25) is 5.41 Å². The molecule has 0 aliphatic carbocycles. The van der Waals surface area contributed by atoms with Crippen molar-refractivity contribution in [3.63, 3.8) is 0 Å². The minimum Gasteiger partial charge on any atom is -0.423 e. The summed E-state index contributed by atoms with van der Waals surface area (Å²) in [6.45, 7) is 0. The van der Waals surface area contributed by atoms with E-state index in [1.807, 2.05) is 6.07 Å². The van der Waals surface area contributed by atoms with Crippen LogP contribution in [0.4, 0.5) is 0 Å². The van der Waals surface area contributed by atoms with Gasteiger partial charge < -0.3 is 10.5 Å². The fourth-order valence-corrected chi connectivity index (χ4v) is 1.44. The van der Waals surface area contributed by atoms with Gasteiger partial charge in [0.15, 0.2) is 0 Å². The lowest BCUT2D eigenvalue weighted by atomic mass is 10.2. The largest absolute Gasteiger partial charge is 0.423 e. The molecule has 0 aliphatic rings. The number of halogens is 1. The molecule has 0 radical (unpaired) electrons. The van der Waals surface area contributed by atoms with Crippen molar-refractivity contribution in [2.45, 2.75) is 0 Å². The number of carbonyl (C=O) groups excluding carboxylic acids is 1. The Morgan fingerprint density at radius 2 is 1.53 bits per heavy atom. The molecule has 5 heteroatoms. The van der Waals surface area contributed by atoms with Crippen molar-refractivity contribution in [3.05, 3.63) is 65.7 Å². The van der Waals surface area contributed by atoms with Gasteiger partial charge in [-0.05, 0) is 36.4 Å². The molecule has 0 spiro atoms. The second kappa shape index (κ2) is 6.56. The molecule has 2 aromatic rings. The van der Waals surface area contributed by atoms with Gasteiger partial charge in [-0.15, -0.1) is 12.4 Å². The fraction of sp³-hybridized carbons (Fsp3) is 0. The highest BCUT2D eigenvalue weighted by molar-refractivity contribution is 5.95. The smallest absolute Gasteiger partial charge is 0.343 e. The van der Waals surface area contributed by atoms with E-state index in [9.17, 15) is 4.79 Å². The molecule has 0 amide bonds. The summed E-state index contributed by atoms with van der Waals surface area (Å²) in [5.74, 6) is -0.00374. The molecular formula is C14H13ClN2O2. The van der Waals surface area contributed by atoms with Crippen molar-refractivity contribution in [1.82, 2.24) is 0 Å². The van der Waals surface area contributed by atoms with Crippen LogP contribution >= 0.6 is 12.4 Å². The van der Waals surface area contributed by atoms with Gasteiger partial charge >= 0.3 is 5.97 Å². The molecule has 0 fully saturated rings. The molecular weight excluding hydrogens is 264 g/mol. The summed E-state index contributed by atoms with van der Waals surface area (Å²) >= 11 is 0. The Balaban J connectivity index is 0.00000180. The number of esters is 1.